The van der Waals surface area contributed by atoms with Gasteiger partial charge in [-0.1, -0.05) is 0 Å². The summed E-state index contributed by atoms with van der Waals surface area (Å²) in [5.74, 6) is 0.355. The molecule has 2 rings (SSSR count). The second kappa shape index (κ2) is 7.75. The van der Waals surface area contributed by atoms with E-state index < -0.39 is 0 Å². The van der Waals surface area contributed by atoms with Crippen LogP contribution in [-0.2, 0) is 14.3 Å². The van der Waals surface area contributed by atoms with Crippen LogP contribution in [0.3, 0.4) is 0 Å². The molecule has 2 aliphatic rings. The summed E-state index contributed by atoms with van der Waals surface area (Å²) in [5.41, 5.74) is 0. The fourth-order valence-electron chi connectivity index (χ4n) is 3.18. The second-order valence-corrected chi connectivity index (χ2v) is 6.17. The predicted molar refractivity (Wildman–Crippen MR) is 79.8 cm³/mol. The molecular formula is C15H27N3O3. The average molecular weight is 297 g/mol. The number of methoxy groups -OCH3 is 1. The zero-order valence-corrected chi connectivity index (χ0v) is 13.1. The van der Waals surface area contributed by atoms with Gasteiger partial charge in [-0.05, 0) is 39.2 Å². The molecule has 0 aromatic heterocycles. The first-order chi connectivity index (χ1) is 10.1. The molecule has 0 bridgehead atoms. The van der Waals surface area contributed by atoms with Crippen LogP contribution in [0.5, 0.6) is 0 Å². The normalized spacial score (nSPS) is 27.4. The number of nitrogens with one attached hydrogen (secondary N) is 2. The molecule has 0 saturated carbocycles. The number of piperidine rings is 2. The van der Waals surface area contributed by atoms with Crippen LogP contribution in [0.25, 0.3) is 0 Å². The van der Waals surface area contributed by atoms with Crippen molar-refractivity contribution in [1.29, 1.82) is 0 Å². The third-order valence-electron chi connectivity index (χ3n) is 4.46. The summed E-state index contributed by atoms with van der Waals surface area (Å²) in [4.78, 5) is 25.8. The summed E-state index contributed by atoms with van der Waals surface area (Å²) in [6.45, 7) is 4.60. The average Bonchev–Trinajstić information content (AvgIpc) is 2.48. The lowest BCUT2D eigenvalue weighted by atomic mass is 9.92. The summed E-state index contributed by atoms with van der Waals surface area (Å²) in [6.07, 6.45) is 3.50. The van der Waals surface area contributed by atoms with Crippen LogP contribution in [0.15, 0.2) is 0 Å². The molecule has 0 aromatic rings. The van der Waals surface area contributed by atoms with Crippen LogP contribution in [0.4, 0.5) is 0 Å². The van der Waals surface area contributed by atoms with Gasteiger partial charge in [-0.2, -0.15) is 0 Å². The number of rotatable bonds is 4. The number of ether oxygens (including phenoxy) is 1. The van der Waals surface area contributed by atoms with Crippen LogP contribution in [0.1, 0.15) is 32.6 Å². The van der Waals surface area contributed by atoms with E-state index in [2.05, 4.69) is 17.6 Å². The van der Waals surface area contributed by atoms with Crippen molar-refractivity contribution >= 4 is 11.8 Å². The van der Waals surface area contributed by atoms with Crippen molar-refractivity contribution in [3.63, 3.8) is 0 Å². The molecule has 2 N–H and O–H groups in total. The van der Waals surface area contributed by atoms with Gasteiger partial charge in [0, 0.05) is 38.2 Å². The highest BCUT2D eigenvalue weighted by Gasteiger charge is 2.28. The fourth-order valence-corrected chi connectivity index (χ4v) is 3.18. The largest absolute Gasteiger partial charge is 0.375 e. The van der Waals surface area contributed by atoms with Crippen LogP contribution < -0.4 is 10.6 Å². The van der Waals surface area contributed by atoms with E-state index in [1.54, 1.807) is 0 Å². The number of hydrogen-bond acceptors (Lipinski definition) is 4. The van der Waals surface area contributed by atoms with Gasteiger partial charge in [-0.15, -0.1) is 0 Å². The van der Waals surface area contributed by atoms with Gasteiger partial charge in [0.25, 0.3) is 0 Å². The molecule has 0 aromatic carbocycles. The number of carbonyl (C=O) groups is 2. The summed E-state index contributed by atoms with van der Waals surface area (Å²) in [6, 6.07) is 0.622. The van der Waals surface area contributed by atoms with Crippen LogP contribution in [-0.4, -0.2) is 62.1 Å². The molecule has 2 amide bonds. The first kappa shape index (κ1) is 16.2. The van der Waals surface area contributed by atoms with E-state index in [0.717, 1.165) is 32.2 Å². The molecule has 2 heterocycles. The van der Waals surface area contributed by atoms with Crippen molar-refractivity contribution in [1.82, 2.24) is 15.5 Å². The molecule has 2 fully saturated rings. The molecule has 6 heteroatoms. The highest BCUT2D eigenvalue weighted by atomic mass is 16.5. The molecule has 2 atom stereocenters. The van der Waals surface area contributed by atoms with E-state index in [1.807, 2.05) is 4.90 Å². The Morgan fingerprint density at radius 1 is 1.29 bits per heavy atom. The Bertz CT molecular complexity index is 367. The molecule has 120 valence electrons. The Balaban J connectivity index is 1.73. The quantitative estimate of drug-likeness (QED) is 0.774. The summed E-state index contributed by atoms with van der Waals surface area (Å²) in [7, 11) is 1.53. The van der Waals surface area contributed by atoms with Gasteiger partial charge < -0.3 is 20.3 Å². The Hall–Kier alpha value is -1.14. The standard InChI is InChI=1S/C15H27N3O3/c1-11-9-12(3-6-16-11)15(20)17-13-4-7-18(8-5-13)14(19)10-21-2/h11-13,16H,3-10H2,1-2H3,(H,17,20). The van der Waals surface area contributed by atoms with Gasteiger partial charge in [0.15, 0.2) is 0 Å². The molecular weight excluding hydrogens is 270 g/mol. The summed E-state index contributed by atoms with van der Waals surface area (Å²) < 4.78 is 4.87. The zero-order chi connectivity index (χ0) is 15.2. The summed E-state index contributed by atoms with van der Waals surface area (Å²) in [5, 5.41) is 6.53. The van der Waals surface area contributed by atoms with E-state index in [9.17, 15) is 9.59 Å². The van der Waals surface area contributed by atoms with Gasteiger partial charge >= 0.3 is 0 Å². The molecule has 0 spiro atoms. The molecule has 6 nitrogen and oxygen atoms in total. The maximum absolute atomic E-state index is 12.3. The lowest BCUT2D eigenvalue weighted by molar-refractivity contribution is -0.136. The minimum Gasteiger partial charge on any atom is -0.375 e. The molecule has 0 aliphatic carbocycles. The van der Waals surface area contributed by atoms with E-state index in [0.29, 0.717) is 19.1 Å². The van der Waals surface area contributed by atoms with Crippen molar-refractivity contribution in [3.05, 3.63) is 0 Å². The SMILES string of the molecule is COCC(=O)N1CCC(NC(=O)C2CCNC(C)C2)CC1. The predicted octanol–water partition coefficient (Wildman–Crippen LogP) is 0.128. The third kappa shape index (κ3) is 4.68. The first-order valence-corrected chi connectivity index (χ1v) is 7.90. The van der Waals surface area contributed by atoms with Gasteiger partial charge in [0.05, 0.1) is 0 Å². The molecule has 2 aliphatic heterocycles. The Morgan fingerprint density at radius 3 is 2.62 bits per heavy atom. The Morgan fingerprint density at radius 2 is 2.00 bits per heavy atom. The van der Waals surface area contributed by atoms with Gasteiger partial charge in [0.2, 0.25) is 11.8 Å². The minimum atomic E-state index is 0.0365. The number of nitrogens with zero attached hydrogens (tertiary/aromatic N) is 1. The molecule has 21 heavy (non-hydrogen) atoms. The number of hydrogen-bond donors (Lipinski definition) is 2. The second-order valence-electron chi connectivity index (χ2n) is 6.17. The number of amides is 2. The topological polar surface area (TPSA) is 70.7 Å². The van der Waals surface area contributed by atoms with Crippen molar-refractivity contribution in [2.24, 2.45) is 5.92 Å². The maximum atomic E-state index is 12.3. The van der Waals surface area contributed by atoms with Crippen LogP contribution in [0, 0.1) is 5.92 Å². The highest BCUT2D eigenvalue weighted by molar-refractivity contribution is 5.79. The lowest BCUT2D eigenvalue weighted by Crippen LogP contribution is -2.50. The van der Waals surface area contributed by atoms with E-state index in [4.69, 9.17) is 4.74 Å². The lowest BCUT2D eigenvalue weighted by Gasteiger charge is -2.34. The van der Waals surface area contributed by atoms with E-state index >= 15 is 0 Å². The smallest absolute Gasteiger partial charge is 0.248 e. The van der Waals surface area contributed by atoms with Crippen LogP contribution >= 0.6 is 0 Å². The Kier molecular flexibility index (Phi) is 5.99. The van der Waals surface area contributed by atoms with Gasteiger partial charge in [0.1, 0.15) is 6.61 Å². The van der Waals surface area contributed by atoms with Gasteiger partial charge in [-0.25, -0.2) is 0 Å². The van der Waals surface area contributed by atoms with Crippen molar-refractivity contribution in [2.45, 2.75) is 44.7 Å². The van der Waals surface area contributed by atoms with Crippen molar-refractivity contribution in [3.8, 4) is 0 Å². The van der Waals surface area contributed by atoms with Crippen molar-refractivity contribution < 1.29 is 14.3 Å². The van der Waals surface area contributed by atoms with E-state index in [-0.39, 0.29) is 30.4 Å². The van der Waals surface area contributed by atoms with Gasteiger partial charge in [-0.3, -0.25) is 9.59 Å². The third-order valence-corrected chi connectivity index (χ3v) is 4.46. The van der Waals surface area contributed by atoms with E-state index in [1.165, 1.54) is 7.11 Å². The molecule has 0 radical (unpaired) electrons. The zero-order valence-electron chi connectivity index (χ0n) is 13.1. The maximum Gasteiger partial charge on any atom is 0.248 e. The van der Waals surface area contributed by atoms with Crippen LogP contribution in [0.2, 0.25) is 0 Å². The minimum absolute atomic E-state index is 0.0365. The number of likely N-dealkylation sites (tertiary alicyclic amines) is 1. The van der Waals surface area contributed by atoms with Crippen molar-refractivity contribution in [2.75, 3.05) is 33.4 Å². The Labute approximate surface area is 126 Å². The highest BCUT2D eigenvalue weighted by Crippen LogP contribution is 2.18. The molecule has 2 saturated heterocycles. The fraction of sp³-hybridized carbons (Fsp3) is 0.867. The molecule has 2 unspecified atom stereocenters. The summed E-state index contributed by atoms with van der Waals surface area (Å²) >= 11 is 0. The monoisotopic (exact) mass is 297 g/mol. The first-order valence-electron chi connectivity index (χ1n) is 7.90. The number of carbonyl (C=O) groups excluding carboxylic acids is 2.